The Balaban J connectivity index is 2.63. The first-order valence-corrected chi connectivity index (χ1v) is 7.12. The standard InChI is InChI=1S/C14H27N3/c1-5-7-8-9-11-17-13(10-6-2)14(12(3)4)15-16-17/h12H,5-11H2,1-4H3. The number of unbranched alkanes of at least 4 members (excludes halogenated alkanes) is 3. The van der Waals surface area contributed by atoms with Crippen LogP contribution in [0.2, 0.25) is 0 Å². The predicted octanol–water partition coefficient (Wildman–Crippen LogP) is 3.93. The van der Waals surface area contributed by atoms with Crippen LogP contribution < -0.4 is 0 Å². The Hall–Kier alpha value is -0.860. The largest absolute Gasteiger partial charge is 0.249 e. The summed E-state index contributed by atoms with van der Waals surface area (Å²) in [6.45, 7) is 9.90. The first-order valence-electron chi connectivity index (χ1n) is 7.12. The number of rotatable bonds is 8. The third-order valence-corrected chi connectivity index (χ3v) is 3.12. The van der Waals surface area contributed by atoms with E-state index in [1.165, 1.54) is 43.5 Å². The van der Waals surface area contributed by atoms with E-state index < -0.39 is 0 Å². The molecule has 0 saturated heterocycles. The van der Waals surface area contributed by atoms with Crippen molar-refractivity contribution in [2.24, 2.45) is 0 Å². The zero-order valence-corrected chi connectivity index (χ0v) is 11.9. The molecule has 0 aliphatic rings. The summed E-state index contributed by atoms with van der Waals surface area (Å²) >= 11 is 0. The third-order valence-electron chi connectivity index (χ3n) is 3.12. The monoisotopic (exact) mass is 237 g/mol. The lowest BCUT2D eigenvalue weighted by molar-refractivity contribution is 0.510. The number of hydrogen-bond acceptors (Lipinski definition) is 2. The molecule has 3 nitrogen and oxygen atoms in total. The van der Waals surface area contributed by atoms with Gasteiger partial charge in [-0.05, 0) is 18.8 Å². The highest BCUT2D eigenvalue weighted by Gasteiger charge is 2.14. The highest BCUT2D eigenvalue weighted by atomic mass is 15.4. The molecule has 0 N–H and O–H groups in total. The maximum Gasteiger partial charge on any atom is 0.0884 e. The summed E-state index contributed by atoms with van der Waals surface area (Å²) in [6.07, 6.45) is 7.42. The summed E-state index contributed by atoms with van der Waals surface area (Å²) in [6, 6.07) is 0. The predicted molar refractivity (Wildman–Crippen MR) is 72.2 cm³/mol. The molecular weight excluding hydrogens is 210 g/mol. The smallest absolute Gasteiger partial charge is 0.0884 e. The first-order chi connectivity index (χ1) is 8.20. The highest BCUT2D eigenvalue weighted by molar-refractivity contribution is 5.14. The zero-order valence-electron chi connectivity index (χ0n) is 11.9. The van der Waals surface area contributed by atoms with E-state index in [0.717, 1.165) is 13.0 Å². The Labute approximate surface area is 106 Å². The van der Waals surface area contributed by atoms with E-state index in [0.29, 0.717) is 5.92 Å². The van der Waals surface area contributed by atoms with Gasteiger partial charge in [-0.1, -0.05) is 58.6 Å². The lowest BCUT2D eigenvalue weighted by Crippen LogP contribution is -2.07. The first kappa shape index (κ1) is 14.2. The minimum atomic E-state index is 0.487. The van der Waals surface area contributed by atoms with Crippen LogP contribution in [0.4, 0.5) is 0 Å². The molecule has 17 heavy (non-hydrogen) atoms. The highest BCUT2D eigenvalue weighted by Crippen LogP contribution is 2.18. The summed E-state index contributed by atoms with van der Waals surface area (Å²) in [5.74, 6) is 0.487. The lowest BCUT2D eigenvalue weighted by Gasteiger charge is -2.08. The average molecular weight is 237 g/mol. The Bertz CT molecular complexity index is 315. The van der Waals surface area contributed by atoms with Crippen LogP contribution in [0.5, 0.6) is 0 Å². The van der Waals surface area contributed by atoms with E-state index in [1.807, 2.05) is 0 Å². The van der Waals surface area contributed by atoms with Crippen molar-refractivity contribution in [2.45, 2.75) is 78.7 Å². The van der Waals surface area contributed by atoms with Crippen LogP contribution >= 0.6 is 0 Å². The molecule has 0 aliphatic carbocycles. The Morgan fingerprint density at radius 2 is 1.82 bits per heavy atom. The second kappa shape index (κ2) is 7.46. The van der Waals surface area contributed by atoms with Crippen LogP contribution in [-0.2, 0) is 13.0 Å². The molecule has 1 aromatic rings. The van der Waals surface area contributed by atoms with Gasteiger partial charge in [0.05, 0.1) is 11.4 Å². The van der Waals surface area contributed by atoms with Crippen molar-refractivity contribution in [3.05, 3.63) is 11.4 Å². The van der Waals surface area contributed by atoms with E-state index in [2.05, 4.69) is 42.7 Å². The van der Waals surface area contributed by atoms with Gasteiger partial charge < -0.3 is 0 Å². The van der Waals surface area contributed by atoms with E-state index in [9.17, 15) is 0 Å². The van der Waals surface area contributed by atoms with Crippen LogP contribution in [0.25, 0.3) is 0 Å². The fourth-order valence-electron chi connectivity index (χ4n) is 2.16. The van der Waals surface area contributed by atoms with E-state index in [-0.39, 0.29) is 0 Å². The van der Waals surface area contributed by atoms with Gasteiger partial charge in [0.2, 0.25) is 0 Å². The van der Waals surface area contributed by atoms with E-state index >= 15 is 0 Å². The van der Waals surface area contributed by atoms with Crippen molar-refractivity contribution >= 4 is 0 Å². The quantitative estimate of drug-likeness (QED) is 0.641. The molecule has 0 unspecified atom stereocenters. The minimum absolute atomic E-state index is 0.487. The Morgan fingerprint density at radius 3 is 2.41 bits per heavy atom. The topological polar surface area (TPSA) is 30.7 Å². The van der Waals surface area contributed by atoms with Crippen molar-refractivity contribution in [1.29, 1.82) is 0 Å². The van der Waals surface area contributed by atoms with Gasteiger partial charge in [-0.3, -0.25) is 0 Å². The van der Waals surface area contributed by atoms with Crippen molar-refractivity contribution in [3.8, 4) is 0 Å². The van der Waals surface area contributed by atoms with Crippen molar-refractivity contribution < 1.29 is 0 Å². The van der Waals surface area contributed by atoms with Crippen molar-refractivity contribution in [3.63, 3.8) is 0 Å². The van der Waals surface area contributed by atoms with Crippen molar-refractivity contribution in [1.82, 2.24) is 15.0 Å². The maximum atomic E-state index is 4.35. The second-order valence-corrected chi connectivity index (χ2v) is 5.11. The molecule has 0 spiro atoms. The summed E-state index contributed by atoms with van der Waals surface area (Å²) in [4.78, 5) is 0. The molecule has 0 fully saturated rings. The molecule has 0 aliphatic heterocycles. The normalized spacial score (nSPS) is 11.4. The summed E-state index contributed by atoms with van der Waals surface area (Å²) in [7, 11) is 0. The average Bonchev–Trinajstić information content (AvgIpc) is 2.69. The molecule has 1 rings (SSSR count). The molecule has 1 aromatic heterocycles. The van der Waals surface area contributed by atoms with Crippen LogP contribution in [-0.4, -0.2) is 15.0 Å². The summed E-state index contributed by atoms with van der Waals surface area (Å²) in [5, 5.41) is 8.67. The van der Waals surface area contributed by atoms with Gasteiger partial charge in [-0.25, -0.2) is 4.68 Å². The molecule has 0 radical (unpaired) electrons. The molecule has 0 bridgehead atoms. The molecule has 3 heteroatoms. The fourth-order valence-corrected chi connectivity index (χ4v) is 2.16. The third kappa shape index (κ3) is 4.14. The van der Waals surface area contributed by atoms with E-state index in [4.69, 9.17) is 0 Å². The molecule has 0 atom stereocenters. The van der Waals surface area contributed by atoms with Gasteiger partial charge in [0.25, 0.3) is 0 Å². The fraction of sp³-hybridized carbons (Fsp3) is 0.857. The molecule has 0 saturated carbocycles. The minimum Gasteiger partial charge on any atom is -0.249 e. The number of aromatic nitrogens is 3. The molecule has 0 aromatic carbocycles. The van der Waals surface area contributed by atoms with Gasteiger partial charge in [0, 0.05) is 6.54 Å². The second-order valence-electron chi connectivity index (χ2n) is 5.11. The molecular formula is C14H27N3. The van der Waals surface area contributed by atoms with Gasteiger partial charge in [-0.2, -0.15) is 0 Å². The van der Waals surface area contributed by atoms with Crippen LogP contribution in [0.1, 0.15) is 77.1 Å². The maximum absolute atomic E-state index is 4.35. The van der Waals surface area contributed by atoms with Crippen LogP contribution in [0, 0.1) is 0 Å². The van der Waals surface area contributed by atoms with E-state index in [1.54, 1.807) is 0 Å². The Morgan fingerprint density at radius 1 is 1.06 bits per heavy atom. The van der Waals surface area contributed by atoms with Crippen LogP contribution in [0.3, 0.4) is 0 Å². The summed E-state index contributed by atoms with van der Waals surface area (Å²) in [5.41, 5.74) is 2.56. The SMILES string of the molecule is CCCCCCn1nnc(C(C)C)c1CCC. The van der Waals surface area contributed by atoms with Crippen molar-refractivity contribution in [2.75, 3.05) is 0 Å². The number of nitrogens with zero attached hydrogens (tertiary/aromatic N) is 3. The summed E-state index contributed by atoms with van der Waals surface area (Å²) < 4.78 is 2.13. The van der Waals surface area contributed by atoms with Gasteiger partial charge in [-0.15, -0.1) is 5.10 Å². The van der Waals surface area contributed by atoms with Crippen LogP contribution in [0.15, 0.2) is 0 Å². The molecule has 0 amide bonds. The zero-order chi connectivity index (χ0) is 12.7. The number of hydrogen-bond donors (Lipinski definition) is 0. The molecule has 98 valence electrons. The molecule has 1 heterocycles. The van der Waals surface area contributed by atoms with Gasteiger partial charge in [0.15, 0.2) is 0 Å². The van der Waals surface area contributed by atoms with Gasteiger partial charge >= 0.3 is 0 Å². The Kier molecular flexibility index (Phi) is 6.23. The van der Waals surface area contributed by atoms with Gasteiger partial charge in [0.1, 0.15) is 0 Å². The lowest BCUT2D eigenvalue weighted by atomic mass is 10.1. The number of aryl methyl sites for hydroxylation is 1.